The highest BCUT2D eigenvalue weighted by atomic mass is 79.9. The van der Waals surface area contributed by atoms with Crippen LogP contribution in [-0.2, 0) is 6.54 Å². The molecule has 0 unspecified atom stereocenters. The van der Waals surface area contributed by atoms with Gasteiger partial charge in [-0.3, -0.25) is 0 Å². The molecular formula is C25H20BrClN6O3. The number of aromatic nitrogens is 6. The molecule has 0 amide bonds. The zero-order chi connectivity index (χ0) is 25.2. The average molecular weight is 568 g/mol. The van der Waals surface area contributed by atoms with E-state index in [1.165, 1.54) is 0 Å². The van der Waals surface area contributed by atoms with Gasteiger partial charge in [0.25, 0.3) is 0 Å². The quantitative estimate of drug-likeness (QED) is 0.221. The lowest BCUT2D eigenvalue weighted by molar-refractivity contribution is 0.0685. The summed E-state index contributed by atoms with van der Waals surface area (Å²) in [7, 11) is 0. The number of rotatable bonds is 8. The number of imidazole rings is 1. The van der Waals surface area contributed by atoms with Crippen LogP contribution in [0.1, 0.15) is 41.6 Å². The summed E-state index contributed by atoms with van der Waals surface area (Å²) < 4.78 is 8.58. The lowest BCUT2D eigenvalue weighted by Gasteiger charge is -2.09. The summed E-state index contributed by atoms with van der Waals surface area (Å²) in [5.41, 5.74) is 3.07. The maximum absolute atomic E-state index is 11.9. The Hall–Kier alpha value is -3.76. The molecule has 182 valence electrons. The van der Waals surface area contributed by atoms with Gasteiger partial charge in [0.05, 0.1) is 4.47 Å². The van der Waals surface area contributed by atoms with Gasteiger partial charge in [-0.15, -0.1) is 10.2 Å². The molecule has 0 aliphatic heterocycles. The molecule has 9 nitrogen and oxygen atoms in total. The molecule has 5 rings (SSSR count). The average Bonchev–Trinajstić information content (AvgIpc) is 3.58. The number of aromatic amines is 1. The van der Waals surface area contributed by atoms with Crippen LogP contribution < -0.4 is 0 Å². The molecule has 0 radical (unpaired) electrons. The van der Waals surface area contributed by atoms with Crippen LogP contribution in [0.5, 0.6) is 0 Å². The van der Waals surface area contributed by atoms with Crippen molar-refractivity contribution in [2.24, 2.45) is 0 Å². The smallest absolute Gasteiger partial charge is 0.355 e. The van der Waals surface area contributed by atoms with Crippen molar-refractivity contribution in [1.29, 1.82) is 0 Å². The number of nitrogens with one attached hydrogen (secondary N) is 1. The highest BCUT2D eigenvalue weighted by Gasteiger charge is 2.22. The van der Waals surface area contributed by atoms with Gasteiger partial charge in [0.15, 0.2) is 10.8 Å². The van der Waals surface area contributed by atoms with Crippen LogP contribution in [-0.4, -0.2) is 41.3 Å². The van der Waals surface area contributed by atoms with Crippen LogP contribution in [0.3, 0.4) is 0 Å². The molecule has 0 bridgehead atoms. The summed E-state index contributed by atoms with van der Waals surface area (Å²) in [6.45, 7) is 2.34. The van der Waals surface area contributed by atoms with Crippen LogP contribution in [0.2, 0.25) is 5.15 Å². The van der Waals surface area contributed by atoms with Gasteiger partial charge < -0.3 is 14.1 Å². The van der Waals surface area contributed by atoms with Crippen molar-refractivity contribution in [2.45, 2.75) is 26.3 Å². The zero-order valence-electron chi connectivity index (χ0n) is 19.1. The number of H-pyrrole nitrogens is 1. The van der Waals surface area contributed by atoms with Crippen LogP contribution in [0.25, 0.3) is 39.8 Å². The van der Waals surface area contributed by atoms with E-state index in [2.05, 4.69) is 48.5 Å². The SMILES string of the molecule is CCC/C=C\c1nc(Cl)c(C(=O)O)n1Cc1ccc2oc(-c3ccccc3-c3nn[nH]n3)c(Br)c2c1. The fraction of sp³-hybridized carbons (Fsp3) is 0.160. The summed E-state index contributed by atoms with van der Waals surface area (Å²) >= 11 is 9.89. The number of tetrazole rings is 1. The Labute approximate surface area is 218 Å². The molecule has 3 heterocycles. The minimum absolute atomic E-state index is 0.0374. The Morgan fingerprint density at radius 2 is 2.06 bits per heavy atom. The third-order valence-corrected chi connectivity index (χ3v) is 6.72. The van der Waals surface area contributed by atoms with Gasteiger partial charge in [-0.1, -0.05) is 61.4 Å². The number of furan rings is 1. The predicted octanol–water partition coefficient (Wildman–Crippen LogP) is 6.45. The molecule has 2 N–H and O–H groups in total. The first kappa shape index (κ1) is 24.0. The monoisotopic (exact) mass is 566 g/mol. The van der Waals surface area contributed by atoms with Crippen molar-refractivity contribution in [3.8, 4) is 22.7 Å². The first-order valence-corrected chi connectivity index (χ1v) is 12.3. The summed E-state index contributed by atoms with van der Waals surface area (Å²) in [6.07, 6.45) is 5.60. The number of carboxylic acid groups (broad SMARTS) is 1. The Morgan fingerprint density at radius 3 is 2.78 bits per heavy atom. The van der Waals surface area contributed by atoms with Crippen molar-refractivity contribution < 1.29 is 14.3 Å². The van der Waals surface area contributed by atoms with E-state index in [0.29, 0.717) is 23.0 Å². The first-order valence-electron chi connectivity index (χ1n) is 11.2. The zero-order valence-corrected chi connectivity index (χ0v) is 21.4. The molecule has 0 aliphatic carbocycles. The highest BCUT2D eigenvalue weighted by molar-refractivity contribution is 9.10. The molecule has 2 aromatic carbocycles. The Morgan fingerprint density at radius 1 is 1.25 bits per heavy atom. The van der Waals surface area contributed by atoms with E-state index in [1.807, 2.05) is 48.5 Å². The molecule has 36 heavy (non-hydrogen) atoms. The normalized spacial score (nSPS) is 11.6. The van der Waals surface area contributed by atoms with Crippen molar-refractivity contribution in [2.75, 3.05) is 0 Å². The molecule has 0 spiro atoms. The van der Waals surface area contributed by atoms with Crippen LogP contribution in [0.15, 0.2) is 57.4 Å². The molecule has 3 aromatic heterocycles. The summed E-state index contributed by atoms with van der Waals surface area (Å²) in [4.78, 5) is 16.2. The maximum Gasteiger partial charge on any atom is 0.355 e. The third-order valence-electron chi connectivity index (χ3n) is 5.67. The standard InChI is InChI=1S/C25H20BrClN6O3/c1-2-3-4-9-19-28-23(27)21(25(34)35)33(19)13-14-10-11-18-17(12-14)20(26)22(36-18)15-7-5-6-8-16(15)24-29-31-32-30-24/h4-12H,2-3,13H2,1H3,(H,34,35)(H,29,30,31,32)/b9-4-. The van der Waals surface area contributed by atoms with Crippen molar-refractivity contribution >= 4 is 50.5 Å². The molecule has 11 heteroatoms. The third kappa shape index (κ3) is 4.45. The number of carboxylic acids is 1. The molecule has 5 aromatic rings. The second-order valence-corrected chi connectivity index (χ2v) is 9.20. The number of carbonyl (C=O) groups is 1. The van der Waals surface area contributed by atoms with Gasteiger partial charge in [0.1, 0.15) is 17.2 Å². The van der Waals surface area contributed by atoms with Gasteiger partial charge in [0.2, 0.25) is 5.82 Å². The second kappa shape index (κ2) is 10.1. The minimum atomic E-state index is -1.13. The van der Waals surface area contributed by atoms with E-state index in [4.69, 9.17) is 16.0 Å². The van der Waals surface area contributed by atoms with E-state index >= 15 is 0 Å². The van der Waals surface area contributed by atoms with E-state index in [-0.39, 0.29) is 17.4 Å². The lowest BCUT2D eigenvalue weighted by atomic mass is 10.0. The molecule has 0 saturated carbocycles. The van der Waals surface area contributed by atoms with Crippen LogP contribution in [0, 0.1) is 0 Å². The molecule has 0 aliphatic rings. The van der Waals surface area contributed by atoms with E-state index < -0.39 is 5.97 Å². The second-order valence-electron chi connectivity index (χ2n) is 8.05. The minimum Gasteiger partial charge on any atom is -0.476 e. The fourth-order valence-corrected chi connectivity index (χ4v) is 4.88. The number of hydrogen-bond donors (Lipinski definition) is 2. The summed E-state index contributed by atoms with van der Waals surface area (Å²) in [5.74, 6) is 0.448. The number of allylic oxidation sites excluding steroid dienone is 1. The van der Waals surface area contributed by atoms with Gasteiger partial charge in [-0.2, -0.15) is 5.21 Å². The van der Waals surface area contributed by atoms with Gasteiger partial charge in [-0.05, 0) is 51.3 Å². The summed E-state index contributed by atoms with van der Waals surface area (Å²) in [5, 5.41) is 24.9. The highest BCUT2D eigenvalue weighted by Crippen LogP contribution is 2.41. The Kier molecular flexibility index (Phi) is 6.71. The number of unbranched alkanes of at least 4 members (excludes halogenated alkanes) is 1. The molecule has 0 fully saturated rings. The molecule has 0 saturated heterocycles. The number of aromatic carboxylic acids is 1. The number of nitrogens with zero attached hydrogens (tertiary/aromatic N) is 5. The number of fused-ring (bicyclic) bond motifs is 1. The number of halogens is 2. The van der Waals surface area contributed by atoms with Gasteiger partial charge in [-0.25, -0.2) is 9.78 Å². The van der Waals surface area contributed by atoms with E-state index in [0.717, 1.165) is 39.4 Å². The molecular weight excluding hydrogens is 548 g/mol. The largest absolute Gasteiger partial charge is 0.476 e. The van der Waals surface area contributed by atoms with Crippen molar-refractivity contribution in [3.05, 3.63) is 75.2 Å². The van der Waals surface area contributed by atoms with E-state index in [9.17, 15) is 9.90 Å². The number of benzene rings is 2. The van der Waals surface area contributed by atoms with Gasteiger partial charge in [0, 0.05) is 23.1 Å². The topological polar surface area (TPSA) is 123 Å². The Balaban J connectivity index is 1.56. The summed E-state index contributed by atoms with van der Waals surface area (Å²) in [6, 6.07) is 13.3. The van der Waals surface area contributed by atoms with Gasteiger partial charge >= 0.3 is 5.97 Å². The Bertz CT molecular complexity index is 1590. The van der Waals surface area contributed by atoms with Crippen LogP contribution in [0.4, 0.5) is 0 Å². The first-order chi connectivity index (χ1) is 17.5. The fourth-order valence-electron chi connectivity index (χ4n) is 4.01. The molecule has 0 atom stereocenters. The van der Waals surface area contributed by atoms with Crippen molar-refractivity contribution in [3.63, 3.8) is 0 Å². The predicted molar refractivity (Wildman–Crippen MR) is 140 cm³/mol. The van der Waals surface area contributed by atoms with Crippen molar-refractivity contribution in [1.82, 2.24) is 30.2 Å². The van der Waals surface area contributed by atoms with Crippen LogP contribution >= 0.6 is 27.5 Å². The maximum atomic E-state index is 11.9. The van der Waals surface area contributed by atoms with E-state index in [1.54, 1.807) is 10.6 Å². The lowest BCUT2D eigenvalue weighted by Crippen LogP contribution is -2.11. The number of hydrogen-bond acceptors (Lipinski definition) is 6.